The number of aromatic nitrogens is 3. The second-order valence-corrected chi connectivity index (χ2v) is 2.55. The van der Waals surface area contributed by atoms with E-state index in [1.807, 2.05) is 19.1 Å². The van der Waals surface area contributed by atoms with Crippen LogP contribution in [0.3, 0.4) is 0 Å². The minimum Gasteiger partial charge on any atom is -0.296 e. The third-order valence-electron chi connectivity index (χ3n) is 1.64. The first-order valence-corrected chi connectivity index (χ1v) is 3.58. The van der Waals surface area contributed by atoms with Gasteiger partial charge in [-0.05, 0) is 19.1 Å². The van der Waals surface area contributed by atoms with E-state index >= 15 is 0 Å². The van der Waals surface area contributed by atoms with Crippen LogP contribution in [0.1, 0.15) is 16.2 Å². The van der Waals surface area contributed by atoms with Crippen molar-refractivity contribution in [2.45, 2.75) is 6.92 Å². The molecule has 0 aromatic carbocycles. The quantitative estimate of drug-likeness (QED) is 0.582. The Bertz CT molecular complexity index is 433. The van der Waals surface area contributed by atoms with E-state index in [1.165, 1.54) is 10.7 Å². The molecule has 0 amide bonds. The molecule has 0 aliphatic carbocycles. The Balaban J connectivity index is 2.83. The first-order valence-electron chi connectivity index (χ1n) is 3.58. The van der Waals surface area contributed by atoms with Crippen molar-refractivity contribution in [2.24, 2.45) is 0 Å². The summed E-state index contributed by atoms with van der Waals surface area (Å²) in [7, 11) is 0. The highest BCUT2D eigenvalue weighted by Crippen LogP contribution is 2.02. The highest BCUT2D eigenvalue weighted by Gasteiger charge is 2.01. The average molecular weight is 161 g/mol. The van der Waals surface area contributed by atoms with Gasteiger partial charge in [-0.2, -0.15) is 5.10 Å². The van der Waals surface area contributed by atoms with E-state index in [1.54, 1.807) is 0 Å². The number of carbonyl (C=O) groups excluding carboxylic acids is 1. The number of aryl methyl sites for hydroxylation is 1. The first-order chi connectivity index (χ1) is 5.81. The fourth-order valence-corrected chi connectivity index (χ4v) is 1.06. The van der Waals surface area contributed by atoms with Crippen molar-refractivity contribution < 1.29 is 4.79 Å². The zero-order valence-electron chi connectivity index (χ0n) is 6.56. The van der Waals surface area contributed by atoms with Crippen LogP contribution in [-0.2, 0) is 0 Å². The molecule has 4 heteroatoms. The molecule has 0 saturated heterocycles. The van der Waals surface area contributed by atoms with E-state index in [4.69, 9.17) is 0 Å². The lowest BCUT2D eigenvalue weighted by molar-refractivity contribution is 0.111. The lowest BCUT2D eigenvalue weighted by Crippen LogP contribution is -1.97. The monoisotopic (exact) mass is 161 g/mol. The molecule has 0 bridgehead atoms. The molecule has 0 unspecified atom stereocenters. The lowest BCUT2D eigenvalue weighted by atomic mass is 10.4. The SMILES string of the molecule is Cc1ccc2ncc(C=O)n2n1. The van der Waals surface area contributed by atoms with E-state index < -0.39 is 0 Å². The smallest absolute Gasteiger partial charge is 0.170 e. The van der Waals surface area contributed by atoms with Crippen LogP contribution in [0.15, 0.2) is 18.3 Å². The minimum absolute atomic E-state index is 0.480. The Kier molecular flexibility index (Phi) is 1.40. The molecule has 0 aliphatic heterocycles. The Morgan fingerprint density at radius 2 is 2.33 bits per heavy atom. The van der Waals surface area contributed by atoms with Crippen LogP contribution in [0.2, 0.25) is 0 Å². The van der Waals surface area contributed by atoms with Crippen molar-refractivity contribution in [3.8, 4) is 0 Å². The van der Waals surface area contributed by atoms with Crippen LogP contribution >= 0.6 is 0 Å². The highest BCUT2D eigenvalue weighted by atomic mass is 16.1. The molecule has 2 heterocycles. The summed E-state index contributed by atoms with van der Waals surface area (Å²) in [5.74, 6) is 0. The summed E-state index contributed by atoms with van der Waals surface area (Å²) >= 11 is 0. The Morgan fingerprint density at radius 3 is 3.08 bits per heavy atom. The second-order valence-electron chi connectivity index (χ2n) is 2.55. The molecule has 0 atom stereocenters. The Morgan fingerprint density at radius 1 is 1.50 bits per heavy atom. The average Bonchev–Trinajstić information content (AvgIpc) is 2.46. The van der Waals surface area contributed by atoms with Gasteiger partial charge in [-0.25, -0.2) is 9.50 Å². The van der Waals surface area contributed by atoms with Crippen molar-refractivity contribution in [2.75, 3.05) is 0 Å². The molecule has 4 nitrogen and oxygen atoms in total. The van der Waals surface area contributed by atoms with Gasteiger partial charge in [-0.15, -0.1) is 0 Å². The van der Waals surface area contributed by atoms with Gasteiger partial charge in [0.2, 0.25) is 0 Å². The fraction of sp³-hybridized carbons (Fsp3) is 0.125. The minimum atomic E-state index is 0.480. The molecule has 2 rings (SSSR count). The summed E-state index contributed by atoms with van der Waals surface area (Å²) in [6.07, 6.45) is 2.25. The molecular weight excluding hydrogens is 154 g/mol. The number of rotatable bonds is 1. The third kappa shape index (κ3) is 0.887. The number of fused-ring (bicyclic) bond motifs is 1. The van der Waals surface area contributed by atoms with Gasteiger partial charge < -0.3 is 0 Å². The van der Waals surface area contributed by atoms with E-state index in [0.29, 0.717) is 11.3 Å². The number of hydrogen-bond acceptors (Lipinski definition) is 3. The predicted molar refractivity (Wildman–Crippen MR) is 43.1 cm³/mol. The molecule has 60 valence electrons. The molecule has 0 saturated carbocycles. The maximum Gasteiger partial charge on any atom is 0.170 e. The second kappa shape index (κ2) is 2.41. The Hall–Kier alpha value is -1.71. The molecule has 0 aliphatic rings. The molecule has 0 radical (unpaired) electrons. The third-order valence-corrected chi connectivity index (χ3v) is 1.64. The standard InChI is InChI=1S/C8H7N3O/c1-6-2-3-8-9-4-7(5-12)11(8)10-6/h2-5H,1H3. The van der Waals surface area contributed by atoms with Crippen molar-refractivity contribution in [3.05, 3.63) is 29.7 Å². The van der Waals surface area contributed by atoms with Crippen molar-refractivity contribution in [3.63, 3.8) is 0 Å². The van der Waals surface area contributed by atoms with Gasteiger partial charge in [-0.1, -0.05) is 0 Å². The van der Waals surface area contributed by atoms with Gasteiger partial charge in [0.1, 0.15) is 5.69 Å². The van der Waals surface area contributed by atoms with Gasteiger partial charge in [0.05, 0.1) is 11.9 Å². The lowest BCUT2D eigenvalue weighted by Gasteiger charge is -1.94. The fourth-order valence-electron chi connectivity index (χ4n) is 1.06. The van der Waals surface area contributed by atoms with Crippen LogP contribution in [0.25, 0.3) is 5.65 Å². The first kappa shape index (κ1) is 6.97. The summed E-state index contributed by atoms with van der Waals surface area (Å²) < 4.78 is 1.53. The van der Waals surface area contributed by atoms with Crippen molar-refractivity contribution >= 4 is 11.9 Å². The normalized spacial score (nSPS) is 10.4. The molecule has 2 aromatic heterocycles. The highest BCUT2D eigenvalue weighted by molar-refractivity contribution is 5.73. The van der Waals surface area contributed by atoms with E-state index in [2.05, 4.69) is 10.1 Å². The summed E-state index contributed by atoms with van der Waals surface area (Å²) in [6, 6.07) is 3.69. The van der Waals surface area contributed by atoms with Gasteiger partial charge in [0.15, 0.2) is 11.9 Å². The molecular formula is C8H7N3O. The molecule has 12 heavy (non-hydrogen) atoms. The van der Waals surface area contributed by atoms with E-state index in [-0.39, 0.29) is 0 Å². The number of nitrogens with zero attached hydrogens (tertiary/aromatic N) is 3. The maximum atomic E-state index is 10.5. The molecule has 0 N–H and O–H groups in total. The summed E-state index contributed by atoms with van der Waals surface area (Å²) in [5, 5.41) is 4.13. The molecule has 0 spiro atoms. The van der Waals surface area contributed by atoms with E-state index in [9.17, 15) is 4.79 Å². The van der Waals surface area contributed by atoms with Gasteiger partial charge in [0, 0.05) is 0 Å². The van der Waals surface area contributed by atoms with Crippen LogP contribution < -0.4 is 0 Å². The summed E-state index contributed by atoms with van der Waals surface area (Å²) in [5.41, 5.74) is 2.04. The zero-order valence-corrected chi connectivity index (χ0v) is 6.56. The maximum absolute atomic E-state index is 10.5. The van der Waals surface area contributed by atoms with Crippen LogP contribution in [0.4, 0.5) is 0 Å². The van der Waals surface area contributed by atoms with Crippen LogP contribution in [0.5, 0.6) is 0 Å². The Labute approximate surface area is 68.8 Å². The van der Waals surface area contributed by atoms with Crippen molar-refractivity contribution in [1.82, 2.24) is 14.6 Å². The zero-order chi connectivity index (χ0) is 8.55. The number of carbonyl (C=O) groups is 1. The largest absolute Gasteiger partial charge is 0.296 e. The van der Waals surface area contributed by atoms with Crippen molar-refractivity contribution in [1.29, 1.82) is 0 Å². The van der Waals surface area contributed by atoms with Crippen LogP contribution in [-0.4, -0.2) is 20.9 Å². The van der Waals surface area contributed by atoms with Gasteiger partial charge in [0.25, 0.3) is 0 Å². The van der Waals surface area contributed by atoms with Crippen LogP contribution in [0, 0.1) is 6.92 Å². The topological polar surface area (TPSA) is 47.3 Å². The predicted octanol–water partition coefficient (Wildman–Crippen LogP) is 0.850. The number of imidazole rings is 1. The molecule has 0 fully saturated rings. The van der Waals surface area contributed by atoms with E-state index in [0.717, 1.165) is 12.0 Å². The molecule has 2 aromatic rings. The number of aldehydes is 1. The van der Waals surface area contributed by atoms with Gasteiger partial charge >= 0.3 is 0 Å². The number of hydrogen-bond donors (Lipinski definition) is 0. The van der Waals surface area contributed by atoms with Gasteiger partial charge in [-0.3, -0.25) is 4.79 Å². The summed E-state index contributed by atoms with van der Waals surface area (Å²) in [6.45, 7) is 1.87. The summed E-state index contributed by atoms with van der Waals surface area (Å²) in [4.78, 5) is 14.5.